The molecule has 0 aliphatic rings. The lowest BCUT2D eigenvalue weighted by molar-refractivity contribution is 0.581. The molecule has 0 amide bonds. The van der Waals surface area contributed by atoms with E-state index in [0.29, 0.717) is 15.4 Å². The molecule has 21 heavy (non-hydrogen) atoms. The fourth-order valence-electron chi connectivity index (χ4n) is 1.65. The highest BCUT2D eigenvalue weighted by Crippen LogP contribution is 2.25. The van der Waals surface area contributed by atoms with Crippen molar-refractivity contribution in [3.8, 4) is 0 Å². The monoisotopic (exact) mass is 407 g/mol. The molecule has 2 rings (SSSR count). The largest absolute Gasteiger partial charge is 0.240 e. The molecule has 0 unspecified atom stereocenters. The quantitative estimate of drug-likeness (QED) is 0.748. The van der Waals surface area contributed by atoms with E-state index in [1.807, 2.05) is 24.3 Å². The van der Waals surface area contributed by atoms with Crippen molar-refractivity contribution in [2.75, 3.05) is 0 Å². The third-order valence-corrected chi connectivity index (χ3v) is 5.77. The molecule has 112 valence electrons. The van der Waals surface area contributed by atoms with E-state index in [1.54, 1.807) is 0 Å². The normalized spacial score (nSPS) is 11.6. The van der Waals surface area contributed by atoms with Crippen LogP contribution < -0.4 is 4.72 Å². The Kier molecular flexibility index (Phi) is 5.68. The van der Waals surface area contributed by atoms with Crippen LogP contribution in [0.1, 0.15) is 11.1 Å². The average molecular weight is 409 g/mol. The van der Waals surface area contributed by atoms with Crippen LogP contribution in [0.4, 0.5) is 0 Å². The molecule has 0 radical (unpaired) electrons. The van der Waals surface area contributed by atoms with Crippen molar-refractivity contribution >= 4 is 49.2 Å². The van der Waals surface area contributed by atoms with Crippen molar-refractivity contribution in [3.63, 3.8) is 0 Å². The van der Waals surface area contributed by atoms with Crippen molar-refractivity contribution in [3.05, 3.63) is 63.1 Å². The molecular weight excluding hydrogens is 397 g/mol. The topological polar surface area (TPSA) is 46.2 Å². The third kappa shape index (κ3) is 4.44. The Labute approximate surface area is 142 Å². The summed E-state index contributed by atoms with van der Waals surface area (Å²) in [6.07, 6.45) is 0. The van der Waals surface area contributed by atoms with Crippen LogP contribution in [0.25, 0.3) is 0 Å². The SMILES string of the molecule is O=S(=O)(NCc1ccc(CCl)cc1)c1ccc(Cl)c(Br)c1. The van der Waals surface area contributed by atoms with Crippen LogP contribution in [0.3, 0.4) is 0 Å². The maximum Gasteiger partial charge on any atom is 0.240 e. The number of rotatable bonds is 5. The molecule has 2 aromatic carbocycles. The van der Waals surface area contributed by atoms with Gasteiger partial charge in [0.05, 0.1) is 9.92 Å². The summed E-state index contributed by atoms with van der Waals surface area (Å²) in [5, 5.41) is 0.464. The lowest BCUT2D eigenvalue weighted by Gasteiger charge is -2.08. The summed E-state index contributed by atoms with van der Waals surface area (Å²) in [4.78, 5) is 0.163. The summed E-state index contributed by atoms with van der Waals surface area (Å²) in [6, 6.07) is 11.9. The van der Waals surface area contributed by atoms with Crippen LogP contribution in [0.15, 0.2) is 51.8 Å². The van der Waals surface area contributed by atoms with E-state index in [9.17, 15) is 8.42 Å². The first-order chi connectivity index (χ1) is 9.92. The number of alkyl halides is 1. The Balaban J connectivity index is 2.11. The highest BCUT2D eigenvalue weighted by molar-refractivity contribution is 9.10. The van der Waals surface area contributed by atoms with E-state index in [1.165, 1.54) is 18.2 Å². The van der Waals surface area contributed by atoms with Crippen molar-refractivity contribution < 1.29 is 8.42 Å². The second-order valence-electron chi connectivity index (χ2n) is 4.35. The summed E-state index contributed by atoms with van der Waals surface area (Å²) >= 11 is 14.8. The maximum absolute atomic E-state index is 12.2. The minimum absolute atomic E-state index is 0.163. The molecule has 0 heterocycles. The van der Waals surface area contributed by atoms with Gasteiger partial charge in [-0.3, -0.25) is 0 Å². The molecule has 7 heteroatoms. The van der Waals surface area contributed by atoms with Crippen LogP contribution in [-0.4, -0.2) is 8.42 Å². The zero-order valence-electron chi connectivity index (χ0n) is 10.8. The Hall–Kier alpha value is -0.590. The van der Waals surface area contributed by atoms with Gasteiger partial charge in [0.2, 0.25) is 10.0 Å². The number of halogens is 3. The molecule has 0 saturated carbocycles. The van der Waals surface area contributed by atoms with Gasteiger partial charge < -0.3 is 0 Å². The van der Waals surface area contributed by atoms with Crippen LogP contribution in [0, 0.1) is 0 Å². The van der Waals surface area contributed by atoms with Gasteiger partial charge in [0, 0.05) is 16.9 Å². The molecule has 3 nitrogen and oxygen atoms in total. The van der Waals surface area contributed by atoms with Crippen molar-refractivity contribution in [1.82, 2.24) is 4.72 Å². The molecule has 0 aromatic heterocycles. The van der Waals surface area contributed by atoms with Gasteiger partial charge in [0.1, 0.15) is 0 Å². The molecule has 0 bridgehead atoms. The Morgan fingerprint density at radius 1 is 1.05 bits per heavy atom. The van der Waals surface area contributed by atoms with Crippen LogP contribution in [0.2, 0.25) is 5.02 Å². The van der Waals surface area contributed by atoms with Crippen molar-refractivity contribution in [2.24, 2.45) is 0 Å². The van der Waals surface area contributed by atoms with Crippen LogP contribution in [0.5, 0.6) is 0 Å². The van der Waals surface area contributed by atoms with Gasteiger partial charge in [0.15, 0.2) is 0 Å². The summed E-state index contributed by atoms with van der Waals surface area (Å²) in [5.74, 6) is 0.435. The summed E-state index contributed by atoms with van der Waals surface area (Å²) in [5.41, 5.74) is 1.85. The van der Waals surface area contributed by atoms with Gasteiger partial charge in [0.25, 0.3) is 0 Å². The number of hydrogen-bond acceptors (Lipinski definition) is 2. The van der Waals surface area contributed by atoms with Crippen molar-refractivity contribution in [2.45, 2.75) is 17.3 Å². The molecule has 0 saturated heterocycles. The summed E-state index contributed by atoms with van der Waals surface area (Å²) < 4.78 is 27.5. The molecule has 0 aliphatic heterocycles. The molecular formula is C14H12BrCl2NO2S. The van der Waals surface area contributed by atoms with Gasteiger partial charge in [-0.15, -0.1) is 11.6 Å². The average Bonchev–Trinajstić information content (AvgIpc) is 2.48. The zero-order valence-corrected chi connectivity index (χ0v) is 14.7. The Morgan fingerprint density at radius 2 is 1.67 bits per heavy atom. The van der Waals surface area contributed by atoms with Crippen LogP contribution in [-0.2, 0) is 22.4 Å². The van der Waals surface area contributed by atoms with E-state index in [0.717, 1.165) is 11.1 Å². The zero-order chi connectivity index (χ0) is 15.5. The van der Waals surface area contributed by atoms with Gasteiger partial charge in [-0.25, -0.2) is 13.1 Å². The van der Waals surface area contributed by atoms with E-state index < -0.39 is 10.0 Å². The van der Waals surface area contributed by atoms with Gasteiger partial charge in [-0.1, -0.05) is 35.9 Å². The smallest absolute Gasteiger partial charge is 0.207 e. The standard InChI is InChI=1S/C14H12BrCl2NO2S/c15-13-7-12(5-6-14(13)17)21(19,20)18-9-11-3-1-10(8-16)2-4-11/h1-7,18H,8-9H2. The highest BCUT2D eigenvalue weighted by atomic mass is 79.9. The highest BCUT2D eigenvalue weighted by Gasteiger charge is 2.14. The minimum atomic E-state index is -3.58. The molecule has 2 aromatic rings. The molecule has 0 aliphatic carbocycles. The number of hydrogen-bond donors (Lipinski definition) is 1. The van der Waals surface area contributed by atoms with E-state index in [2.05, 4.69) is 20.7 Å². The second kappa shape index (κ2) is 7.11. The van der Waals surface area contributed by atoms with Crippen LogP contribution >= 0.6 is 39.1 Å². The number of benzene rings is 2. The molecule has 0 fully saturated rings. The Bertz CT molecular complexity index is 733. The van der Waals surface area contributed by atoms with Crippen molar-refractivity contribution in [1.29, 1.82) is 0 Å². The first-order valence-electron chi connectivity index (χ1n) is 6.01. The maximum atomic E-state index is 12.2. The summed E-state index contributed by atoms with van der Waals surface area (Å²) in [6.45, 7) is 0.213. The Morgan fingerprint density at radius 3 is 2.24 bits per heavy atom. The second-order valence-corrected chi connectivity index (χ2v) is 7.65. The van der Waals surface area contributed by atoms with E-state index in [4.69, 9.17) is 23.2 Å². The van der Waals surface area contributed by atoms with E-state index >= 15 is 0 Å². The van der Waals surface area contributed by atoms with Gasteiger partial charge in [-0.05, 0) is 45.3 Å². The third-order valence-electron chi connectivity index (χ3n) is 2.84. The lowest BCUT2D eigenvalue weighted by atomic mass is 10.1. The molecule has 1 N–H and O–H groups in total. The van der Waals surface area contributed by atoms with Gasteiger partial charge >= 0.3 is 0 Å². The number of sulfonamides is 1. The van der Waals surface area contributed by atoms with Gasteiger partial charge in [-0.2, -0.15) is 0 Å². The first-order valence-corrected chi connectivity index (χ1v) is 9.20. The summed E-state index contributed by atoms with van der Waals surface area (Å²) in [7, 11) is -3.58. The minimum Gasteiger partial charge on any atom is -0.207 e. The molecule has 0 spiro atoms. The predicted molar refractivity (Wildman–Crippen MR) is 89.2 cm³/mol. The lowest BCUT2D eigenvalue weighted by Crippen LogP contribution is -2.23. The first kappa shape index (κ1) is 16.8. The molecule has 0 atom stereocenters. The predicted octanol–water partition coefficient (Wildman–Crippen LogP) is 4.32. The fourth-order valence-corrected chi connectivity index (χ4v) is 3.52. The van der Waals surface area contributed by atoms with E-state index in [-0.39, 0.29) is 11.4 Å². The number of nitrogens with one attached hydrogen (secondary N) is 1. The fraction of sp³-hybridized carbons (Fsp3) is 0.143.